The van der Waals surface area contributed by atoms with Crippen molar-refractivity contribution in [1.82, 2.24) is 0 Å². The van der Waals surface area contributed by atoms with Crippen molar-refractivity contribution < 1.29 is 28.3 Å². The molecule has 2 N–H and O–H groups in total. The van der Waals surface area contributed by atoms with E-state index in [0.29, 0.717) is 16.9 Å². The van der Waals surface area contributed by atoms with Crippen LogP contribution in [0.4, 0.5) is 11.4 Å². The number of furan rings is 1. The van der Waals surface area contributed by atoms with Crippen LogP contribution in [0.25, 0.3) is 0 Å². The number of rotatable bonds is 7. The van der Waals surface area contributed by atoms with E-state index in [0.717, 1.165) is 0 Å². The Balaban J connectivity index is 1.48. The molecular weight excluding hydrogens is 388 g/mol. The normalized spacial score (nSPS) is 10.2. The van der Waals surface area contributed by atoms with E-state index in [1.165, 1.54) is 43.5 Å². The van der Waals surface area contributed by atoms with Crippen LogP contribution in [0.3, 0.4) is 0 Å². The largest absolute Gasteiger partial charge is 0.459 e. The van der Waals surface area contributed by atoms with Crippen molar-refractivity contribution in [3.05, 3.63) is 83.8 Å². The van der Waals surface area contributed by atoms with Crippen LogP contribution >= 0.6 is 0 Å². The van der Waals surface area contributed by atoms with Gasteiger partial charge in [0.2, 0.25) is 0 Å². The quantitative estimate of drug-likeness (QED) is 0.458. The van der Waals surface area contributed by atoms with E-state index in [-0.39, 0.29) is 17.1 Å². The van der Waals surface area contributed by atoms with Crippen LogP contribution in [0.1, 0.15) is 38.2 Å². The van der Waals surface area contributed by atoms with E-state index in [9.17, 15) is 19.2 Å². The minimum Gasteiger partial charge on any atom is -0.459 e. The number of ether oxygens (including phenoxy) is 1. The number of nitrogens with one attached hydrogen (secondary N) is 2. The number of carbonyl (C=O) groups is 4. The molecule has 8 heteroatoms. The number of Topliss-reactive ketones (excluding diaryl/α,β-unsaturated/α-hetero) is 1. The third-order valence-corrected chi connectivity index (χ3v) is 4.03. The van der Waals surface area contributed by atoms with Gasteiger partial charge >= 0.3 is 5.97 Å². The standard InChI is InChI=1S/C22H18N2O6/c1-14(25)15-4-8-17(9-5-15)23-20(26)13-30-22(28)16-6-10-18(11-7-16)24-21(27)19-3-2-12-29-19/h2-12H,13H2,1H3,(H,23,26)(H,24,27). The lowest BCUT2D eigenvalue weighted by molar-refractivity contribution is -0.119. The summed E-state index contributed by atoms with van der Waals surface area (Å²) >= 11 is 0. The van der Waals surface area contributed by atoms with E-state index in [4.69, 9.17) is 9.15 Å². The highest BCUT2D eigenvalue weighted by atomic mass is 16.5. The maximum absolute atomic E-state index is 12.1. The van der Waals surface area contributed by atoms with Gasteiger partial charge in [0.25, 0.3) is 11.8 Å². The molecule has 1 heterocycles. The first-order valence-electron chi connectivity index (χ1n) is 8.95. The van der Waals surface area contributed by atoms with Gasteiger partial charge in [-0.25, -0.2) is 4.79 Å². The molecule has 2 aromatic carbocycles. The fourth-order valence-electron chi connectivity index (χ4n) is 2.49. The number of amides is 2. The molecule has 0 saturated heterocycles. The van der Waals surface area contributed by atoms with Gasteiger partial charge < -0.3 is 19.8 Å². The maximum atomic E-state index is 12.1. The smallest absolute Gasteiger partial charge is 0.338 e. The number of esters is 1. The Bertz CT molecular complexity index is 1050. The molecule has 0 radical (unpaired) electrons. The summed E-state index contributed by atoms with van der Waals surface area (Å²) < 4.78 is 10.0. The molecule has 0 atom stereocenters. The van der Waals surface area contributed by atoms with Gasteiger partial charge in [0.15, 0.2) is 18.2 Å². The first-order valence-corrected chi connectivity index (χ1v) is 8.95. The van der Waals surface area contributed by atoms with Gasteiger partial charge in [-0.3, -0.25) is 14.4 Å². The summed E-state index contributed by atoms with van der Waals surface area (Å²) in [7, 11) is 0. The Morgan fingerprint density at radius 3 is 2.00 bits per heavy atom. The van der Waals surface area contributed by atoms with Crippen LogP contribution in [-0.4, -0.2) is 30.2 Å². The predicted octanol–water partition coefficient (Wildman–Crippen LogP) is 3.53. The van der Waals surface area contributed by atoms with E-state index in [2.05, 4.69) is 10.6 Å². The maximum Gasteiger partial charge on any atom is 0.338 e. The topological polar surface area (TPSA) is 115 Å². The Hall–Kier alpha value is -4.20. The Kier molecular flexibility index (Phi) is 6.39. The highest BCUT2D eigenvalue weighted by Gasteiger charge is 2.12. The minimum absolute atomic E-state index is 0.0756. The summed E-state index contributed by atoms with van der Waals surface area (Å²) in [5, 5.41) is 5.20. The fourth-order valence-corrected chi connectivity index (χ4v) is 2.49. The average molecular weight is 406 g/mol. The van der Waals surface area contributed by atoms with Gasteiger partial charge in [0.1, 0.15) is 0 Å². The summed E-state index contributed by atoms with van der Waals surface area (Å²) in [5.74, 6) is -1.51. The number of hydrogen-bond acceptors (Lipinski definition) is 6. The van der Waals surface area contributed by atoms with Crippen molar-refractivity contribution in [3.63, 3.8) is 0 Å². The van der Waals surface area contributed by atoms with Gasteiger partial charge in [0, 0.05) is 16.9 Å². The van der Waals surface area contributed by atoms with Crippen molar-refractivity contribution in [2.75, 3.05) is 17.2 Å². The van der Waals surface area contributed by atoms with E-state index in [1.54, 1.807) is 30.3 Å². The zero-order chi connectivity index (χ0) is 21.5. The predicted molar refractivity (Wildman–Crippen MR) is 108 cm³/mol. The molecule has 0 unspecified atom stereocenters. The van der Waals surface area contributed by atoms with Crippen LogP contribution in [0, 0.1) is 0 Å². The molecule has 0 bridgehead atoms. The van der Waals surface area contributed by atoms with E-state index in [1.807, 2.05) is 0 Å². The van der Waals surface area contributed by atoms with Gasteiger partial charge in [0.05, 0.1) is 11.8 Å². The third-order valence-electron chi connectivity index (χ3n) is 4.03. The van der Waals surface area contributed by atoms with Crippen molar-refractivity contribution in [3.8, 4) is 0 Å². The van der Waals surface area contributed by atoms with Gasteiger partial charge in [-0.2, -0.15) is 0 Å². The van der Waals surface area contributed by atoms with E-state index >= 15 is 0 Å². The van der Waals surface area contributed by atoms with Crippen molar-refractivity contribution in [2.45, 2.75) is 6.92 Å². The molecule has 0 aliphatic heterocycles. The first-order chi connectivity index (χ1) is 14.4. The molecular formula is C22H18N2O6. The van der Waals surface area contributed by atoms with Crippen molar-refractivity contribution in [1.29, 1.82) is 0 Å². The third kappa shape index (κ3) is 5.41. The van der Waals surface area contributed by atoms with Crippen LogP contribution in [0.5, 0.6) is 0 Å². The fraction of sp³-hybridized carbons (Fsp3) is 0.0909. The second-order valence-corrected chi connectivity index (χ2v) is 6.27. The Labute approximate surface area is 171 Å². The highest BCUT2D eigenvalue weighted by molar-refractivity contribution is 6.02. The summed E-state index contributed by atoms with van der Waals surface area (Å²) in [6.07, 6.45) is 1.39. The molecule has 8 nitrogen and oxygen atoms in total. The zero-order valence-corrected chi connectivity index (χ0v) is 16.0. The van der Waals surface area contributed by atoms with Gasteiger partial charge in [-0.1, -0.05) is 0 Å². The summed E-state index contributed by atoms with van der Waals surface area (Å²) in [5.41, 5.74) is 1.71. The monoisotopic (exact) mass is 406 g/mol. The lowest BCUT2D eigenvalue weighted by Gasteiger charge is -2.08. The number of anilines is 2. The molecule has 0 saturated carbocycles. The second-order valence-electron chi connectivity index (χ2n) is 6.27. The average Bonchev–Trinajstić information content (AvgIpc) is 3.28. The molecule has 0 aliphatic carbocycles. The van der Waals surface area contributed by atoms with Crippen LogP contribution < -0.4 is 10.6 Å². The highest BCUT2D eigenvalue weighted by Crippen LogP contribution is 2.13. The molecule has 2 amide bonds. The Morgan fingerprint density at radius 1 is 0.833 bits per heavy atom. The molecule has 3 rings (SSSR count). The molecule has 0 spiro atoms. The zero-order valence-electron chi connectivity index (χ0n) is 16.0. The van der Waals surface area contributed by atoms with Crippen molar-refractivity contribution in [2.24, 2.45) is 0 Å². The van der Waals surface area contributed by atoms with Gasteiger partial charge in [-0.05, 0) is 67.6 Å². The molecule has 1 aromatic heterocycles. The second kappa shape index (κ2) is 9.33. The van der Waals surface area contributed by atoms with Crippen LogP contribution in [0.15, 0.2) is 71.3 Å². The molecule has 0 aliphatic rings. The van der Waals surface area contributed by atoms with E-state index < -0.39 is 24.4 Å². The number of carbonyl (C=O) groups excluding carboxylic acids is 4. The number of ketones is 1. The number of benzene rings is 2. The lowest BCUT2D eigenvalue weighted by Crippen LogP contribution is -2.21. The summed E-state index contributed by atoms with van der Waals surface area (Å²) in [6, 6.07) is 15.5. The molecule has 152 valence electrons. The number of hydrogen-bond donors (Lipinski definition) is 2. The summed E-state index contributed by atoms with van der Waals surface area (Å²) in [6.45, 7) is 0.983. The van der Waals surface area contributed by atoms with Crippen LogP contribution in [-0.2, 0) is 9.53 Å². The van der Waals surface area contributed by atoms with Gasteiger partial charge in [-0.15, -0.1) is 0 Å². The molecule has 3 aromatic rings. The molecule has 30 heavy (non-hydrogen) atoms. The summed E-state index contributed by atoms with van der Waals surface area (Å²) in [4.78, 5) is 47.2. The SMILES string of the molecule is CC(=O)c1ccc(NC(=O)COC(=O)c2ccc(NC(=O)c3ccco3)cc2)cc1. The minimum atomic E-state index is -0.680. The lowest BCUT2D eigenvalue weighted by atomic mass is 10.1. The van der Waals surface area contributed by atoms with Crippen LogP contribution in [0.2, 0.25) is 0 Å². The van der Waals surface area contributed by atoms with Crippen molar-refractivity contribution >= 4 is 34.9 Å². The molecule has 0 fully saturated rings. The Morgan fingerprint density at radius 2 is 1.43 bits per heavy atom. The first kappa shape index (κ1) is 20.5.